The lowest BCUT2D eigenvalue weighted by atomic mass is 10.1. The third-order valence-corrected chi connectivity index (χ3v) is 4.81. The number of hydrogen-bond acceptors (Lipinski definition) is 3. The molecule has 0 heterocycles. The highest BCUT2D eigenvalue weighted by Gasteiger charge is 2.30. The van der Waals surface area contributed by atoms with Crippen molar-refractivity contribution in [2.45, 2.75) is 12.8 Å². The number of benzene rings is 3. The Balaban J connectivity index is 1.83. The van der Waals surface area contributed by atoms with E-state index in [2.05, 4.69) is 21.2 Å². The molecule has 3 aromatic carbocycles. The molecule has 162 valence electrons. The molecular weight excluding hydrogens is 485 g/mol. The first-order valence-electron chi connectivity index (χ1n) is 9.33. The number of halogens is 4. The summed E-state index contributed by atoms with van der Waals surface area (Å²) >= 11 is 3.35. The molecule has 4 nitrogen and oxygen atoms in total. The molecule has 0 radical (unpaired) electrons. The van der Waals surface area contributed by atoms with Gasteiger partial charge in [0.2, 0.25) is 0 Å². The zero-order chi connectivity index (χ0) is 23.1. The summed E-state index contributed by atoms with van der Waals surface area (Å²) in [6.07, 6.45) is -3.22. The molecule has 3 aromatic rings. The van der Waals surface area contributed by atoms with E-state index in [9.17, 15) is 23.2 Å². The average molecular weight is 501 g/mol. The van der Waals surface area contributed by atoms with E-state index in [0.29, 0.717) is 15.8 Å². The highest BCUT2D eigenvalue weighted by atomic mass is 79.9. The fraction of sp³-hybridized carbons (Fsp3) is 0.0833. The molecule has 0 aliphatic carbocycles. The Bertz CT molecular complexity index is 1190. The van der Waals surface area contributed by atoms with Crippen LogP contribution in [0.5, 0.6) is 5.75 Å². The molecule has 0 spiro atoms. The maximum absolute atomic E-state index is 12.9. The number of nitrogens with one attached hydrogen (secondary N) is 1. The Hall–Kier alpha value is -3.57. The van der Waals surface area contributed by atoms with Crippen LogP contribution in [0.1, 0.15) is 16.7 Å². The van der Waals surface area contributed by atoms with Crippen molar-refractivity contribution in [3.8, 4) is 11.8 Å². The molecule has 1 N–H and O–H groups in total. The van der Waals surface area contributed by atoms with Crippen molar-refractivity contribution in [1.82, 2.24) is 0 Å². The number of amides is 1. The summed E-state index contributed by atoms with van der Waals surface area (Å²) in [5.41, 5.74) is 0.145. The van der Waals surface area contributed by atoms with Gasteiger partial charge in [0.1, 0.15) is 24.0 Å². The van der Waals surface area contributed by atoms with Gasteiger partial charge in [-0.25, -0.2) is 0 Å². The zero-order valence-electron chi connectivity index (χ0n) is 16.5. The normalized spacial score (nSPS) is 11.5. The molecule has 0 fully saturated rings. The second-order valence-electron chi connectivity index (χ2n) is 6.66. The molecule has 0 aliphatic rings. The zero-order valence-corrected chi connectivity index (χ0v) is 18.1. The van der Waals surface area contributed by atoms with Crippen molar-refractivity contribution in [2.75, 3.05) is 5.32 Å². The summed E-state index contributed by atoms with van der Waals surface area (Å²) < 4.78 is 45.2. The largest absolute Gasteiger partial charge is 0.488 e. The van der Waals surface area contributed by atoms with Gasteiger partial charge in [0.15, 0.2) is 0 Å². The van der Waals surface area contributed by atoms with E-state index in [4.69, 9.17) is 4.74 Å². The van der Waals surface area contributed by atoms with Crippen LogP contribution >= 0.6 is 15.9 Å². The highest BCUT2D eigenvalue weighted by molar-refractivity contribution is 9.10. The standard InChI is InChI=1S/C24H16BrF3N2O2/c25-20-9-10-22(32-15-16-5-2-1-3-6-16)17(12-20)11-18(14-29)23(31)30-21-8-4-7-19(13-21)24(26,27)28/h1-13H,15H2,(H,30,31)/b18-11+. The number of hydrogen-bond donors (Lipinski definition) is 1. The van der Waals surface area contributed by atoms with Crippen molar-refractivity contribution < 1.29 is 22.7 Å². The molecule has 0 aromatic heterocycles. The Morgan fingerprint density at radius 1 is 1.06 bits per heavy atom. The van der Waals surface area contributed by atoms with Crippen LogP contribution in [0.25, 0.3) is 6.08 Å². The second-order valence-corrected chi connectivity index (χ2v) is 7.57. The van der Waals surface area contributed by atoms with Gasteiger partial charge in [-0.15, -0.1) is 0 Å². The van der Waals surface area contributed by atoms with Crippen LogP contribution in [0.3, 0.4) is 0 Å². The van der Waals surface area contributed by atoms with Crippen LogP contribution in [0.15, 0.2) is 82.8 Å². The average Bonchev–Trinajstić information content (AvgIpc) is 2.77. The quantitative estimate of drug-likeness (QED) is 0.306. The van der Waals surface area contributed by atoms with Crippen LogP contribution in [-0.4, -0.2) is 5.91 Å². The van der Waals surface area contributed by atoms with Gasteiger partial charge in [-0.3, -0.25) is 4.79 Å². The minimum atomic E-state index is -4.55. The molecule has 0 unspecified atom stereocenters. The van der Waals surface area contributed by atoms with E-state index in [0.717, 1.165) is 17.7 Å². The smallest absolute Gasteiger partial charge is 0.416 e. The minimum absolute atomic E-state index is 0.0687. The summed E-state index contributed by atoms with van der Waals surface area (Å²) in [6.45, 7) is 0.279. The molecule has 32 heavy (non-hydrogen) atoms. The number of nitrogens with zero attached hydrogens (tertiary/aromatic N) is 1. The number of rotatable bonds is 6. The maximum atomic E-state index is 12.9. The van der Waals surface area contributed by atoms with Gasteiger partial charge in [-0.05, 0) is 48.0 Å². The molecule has 0 aliphatic heterocycles. The maximum Gasteiger partial charge on any atom is 0.416 e. The molecule has 0 saturated carbocycles. The van der Waals surface area contributed by atoms with Gasteiger partial charge in [-0.1, -0.05) is 52.3 Å². The summed E-state index contributed by atoms with van der Waals surface area (Å²) in [6, 6.07) is 20.6. The lowest BCUT2D eigenvalue weighted by Crippen LogP contribution is -2.14. The summed E-state index contributed by atoms with van der Waals surface area (Å²) in [7, 11) is 0. The first-order valence-corrected chi connectivity index (χ1v) is 10.1. The van der Waals surface area contributed by atoms with E-state index in [1.165, 1.54) is 18.2 Å². The number of carbonyl (C=O) groups excluding carboxylic acids is 1. The van der Waals surface area contributed by atoms with E-state index < -0.39 is 17.6 Å². The van der Waals surface area contributed by atoms with Gasteiger partial charge in [0, 0.05) is 15.7 Å². The number of nitriles is 1. The van der Waals surface area contributed by atoms with E-state index in [1.807, 2.05) is 30.3 Å². The minimum Gasteiger partial charge on any atom is -0.488 e. The third-order valence-electron chi connectivity index (χ3n) is 4.32. The number of anilines is 1. The molecule has 1 amide bonds. The summed E-state index contributed by atoms with van der Waals surface area (Å²) in [5.74, 6) is -0.391. The lowest BCUT2D eigenvalue weighted by Gasteiger charge is -2.11. The van der Waals surface area contributed by atoms with Gasteiger partial charge >= 0.3 is 6.18 Å². The molecule has 3 rings (SSSR count). The van der Waals surface area contributed by atoms with E-state index in [1.54, 1.807) is 24.3 Å². The van der Waals surface area contributed by atoms with Crippen molar-refractivity contribution in [3.63, 3.8) is 0 Å². The topological polar surface area (TPSA) is 62.1 Å². The highest BCUT2D eigenvalue weighted by Crippen LogP contribution is 2.31. The first-order chi connectivity index (χ1) is 15.3. The summed E-state index contributed by atoms with van der Waals surface area (Å²) in [5, 5.41) is 11.8. The van der Waals surface area contributed by atoms with Crippen molar-refractivity contribution in [3.05, 3.63) is 99.5 Å². The Morgan fingerprint density at radius 2 is 1.81 bits per heavy atom. The SMILES string of the molecule is N#C/C(=C\c1cc(Br)ccc1OCc1ccccc1)C(=O)Nc1cccc(C(F)(F)F)c1. The van der Waals surface area contributed by atoms with Crippen molar-refractivity contribution in [2.24, 2.45) is 0 Å². The molecule has 8 heteroatoms. The fourth-order valence-electron chi connectivity index (χ4n) is 2.77. The first kappa shape index (κ1) is 23.1. The molecular formula is C24H16BrF3N2O2. The van der Waals surface area contributed by atoms with Gasteiger partial charge in [-0.2, -0.15) is 18.4 Å². The predicted octanol–water partition coefficient (Wildman–Crippen LogP) is 6.59. The Morgan fingerprint density at radius 3 is 2.50 bits per heavy atom. The monoisotopic (exact) mass is 500 g/mol. The molecule has 0 saturated heterocycles. The van der Waals surface area contributed by atoms with Gasteiger partial charge in [0.05, 0.1) is 5.56 Å². The Kier molecular flexibility index (Phi) is 7.33. The van der Waals surface area contributed by atoms with E-state index >= 15 is 0 Å². The number of alkyl halides is 3. The van der Waals surface area contributed by atoms with Crippen LogP contribution < -0.4 is 10.1 Å². The Labute approximate surface area is 191 Å². The molecule has 0 bridgehead atoms. The lowest BCUT2D eigenvalue weighted by molar-refractivity contribution is -0.137. The third kappa shape index (κ3) is 6.22. The van der Waals surface area contributed by atoms with Crippen LogP contribution in [0.2, 0.25) is 0 Å². The second kappa shape index (κ2) is 10.2. The van der Waals surface area contributed by atoms with Crippen LogP contribution in [0, 0.1) is 11.3 Å². The summed E-state index contributed by atoms with van der Waals surface area (Å²) in [4.78, 5) is 12.5. The predicted molar refractivity (Wildman–Crippen MR) is 119 cm³/mol. The van der Waals surface area contributed by atoms with Crippen LogP contribution in [-0.2, 0) is 17.6 Å². The van der Waals surface area contributed by atoms with Crippen LogP contribution in [0.4, 0.5) is 18.9 Å². The van der Waals surface area contributed by atoms with Gasteiger partial charge in [0.25, 0.3) is 5.91 Å². The number of carbonyl (C=O) groups is 1. The molecule has 0 atom stereocenters. The van der Waals surface area contributed by atoms with Crippen molar-refractivity contribution in [1.29, 1.82) is 5.26 Å². The van der Waals surface area contributed by atoms with E-state index in [-0.39, 0.29) is 17.9 Å². The number of ether oxygens (including phenoxy) is 1. The van der Waals surface area contributed by atoms with Crippen molar-refractivity contribution >= 4 is 33.6 Å². The fourth-order valence-corrected chi connectivity index (χ4v) is 3.15. The van der Waals surface area contributed by atoms with Gasteiger partial charge < -0.3 is 10.1 Å².